The minimum absolute atomic E-state index is 0.128. The van der Waals surface area contributed by atoms with Gasteiger partial charge >= 0.3 is 5.76 Å². The van der Waals surface area contributed by atoms with E-state index >= 15 is 0 Å². The summed E-state index contributed by atoms with van der Waals surface area (Å²) < 4.78 is 4.86. The van der Waals surface area contributed by atoms with E-state index < -0.39 is 5.76 Å². The average Bonchev–Trinajstić information content (AvgIpc) is 2.65. The van der Waals surface area contributed by atoms with Crippen LogP contribution in [0.5, 0.6) is 0 Å². The maximum atomic E-state index is 11.4. The standard InChI is InChI=1S/C11H13N3O3/c1-2-12-6-10(15)13-7-3-4-9-8(5-7)14-11(16)17-9/h3-5,12H,2,6H2,1H3,(H,13,15)(H,14,16). The summed E-state index contributed by atoms with van der Waals surface area (Å²) in [7, 11) is 0. The molecule has 1 aromatic heterocycles. The van der Waals surface area contributed by atoms with Gasteiger partial charge in [0.25, 0.3) is 0 Å². The number of rotatable bonds is 4. The molecule has 2 rings (SSSR count). The van der Waals surface area contributed by atoms with Crippen molar-refractivity contribution in [1.82, 2.24) is 10.3 Å². The van der Waals surface area contributed by atoms with Crippen molar-refractivity contribution in [2.75, 3.05) is 18.4 Å². The van der Waals surface area contributed by atoms with E-state index in [1.807, 2.05) is 6.92 Å². The topological polar surface area (TPSA) is 87.1 Å². The number of aromatic amines is 1. The second kappa shape index (κ2) is 4.84. The molecule has 0 atom stereocenters. The maximum Gasteiger partial charge on any atom is 0.417 e. The second-order valence-electron chi connectivity index (χ2n) is 3.55. The Balaban J connectivity index is 2.13. The molecule has 1 aromatic carbocycles. The average molecular weight is 235 g/mol. The number of aromatic nitrogens is 1. The molecule has 0 fully saturated rings. The predicted molar refractivity (Wildman–Crippen MR) is 64.0 cm³/mol. The lowest BCUT2D eigenvalue weighted by atomic mass is 10.3. The molecule has 0 radical (unpaired) electrons. The van der Waals surface area contributed by atoms with Gasteiger partial charge in [-0.1, -0.05) is 6.92 Å². The zero-order valence-electron chi connectivity index (χ0n) is 9.37. The molecule has 0 bridgehead atoms. The maximum absolute atomic E-state index is 11.4. The Morgan fingerprint density at radius 1 is 1.47 bits per heavy atom. The van der Waals surface area contributed by atoms with E-state index in [-0.39, 0.29) is 12.5 Å². The van der Waals surface area contributed by atoms with Crippen LogP contribution in [0, 0.1) is 0 Å². The van der Waals surface area contributed by atoms with Crippen molar-refractivity contribution in [2.45, 2.75) is 6.92 Å². The third kappa shape index (κ3) is 2.73. The zero-order valence-corrected chi connectivity index (χ0v) is 9.37. The molecule has 0 aliphatic carbocycles. The number of amides is 1. The van der Waals surface area contributed by atoms with Crippen LogP contribution in [-0.4, -0.2) is 24.0 Å². The summed E-state index contributed by atoms with van der Waals surface area (Å²) in [6.07, 6.45) is 0. The lowest BCUT2D eigenvalue weighted by molar-refractivity contribution is -0.115. The largest absolute Gasteiger partial charge is 0.417 e. The van der Waals surface area contributed by atoms with E-state index in [2.05, 4.69) is 15.6 Å². The Hall–Kier alpha value is -2.08. The van der Waals surface area contributed by atoms with Crippen LogP contribution in [0.15, 0.2) is 27.4 Å². The minimum atomic E-state index is -0.504. The number of anilines is 1. The number of hydrogen-bond donors (Lipinski definition) is 3. The fourth-order valence-corrected chi connectivity index (χ4v) is 1.47. The van der Waals surface area contributed by atoms with Crippen LogP contribution >= 0.6 is 0 Å². The van der Waals surface area contributed by atoms with Gasteiger partial charge in [-0.3, -0.25) is 9.78 Å². The molecule has 1 heterocycles. The van der Waals surface area contributed by atoms with Gasteiger partial charge in [-0.05, 0) is 24.7 Å². The van der Waals surface area contributed by atoms with Crippen LogP contribution in [0.3, 0.4) is 0 Å². The number of oxazole rings is 1. The summed E-state index contributed by atoms with van der Waals surface area (Å²) in [4.78, 5) is 24.9. The number of nitrogens with one attached hydrogen (secondary N) is 3. The van der Waals surface area contributed by atoms with Crippen LogP contribution in [0.1, 0.15) is 6.92 Å². The molecule has 2 aromatic rings. The molecule has 3 N–H and O–H groups in total. The second-order valence-corrected chi connectivity index (χ2v) is 3.55. The summed E-state index contributed by atoms with van der Waals surface area (Å²) in [5.74, 6) is -0.631. The van der Waals surface area contributed by atoms with Crippen LogP contribution in [0.25, 0.3) is 11.1 Å². The third-order valence-electron chi connectivity index (χ3n) is 2.24. The SMILES string of the molecule is CCNCC(=O)Nc1ccc2oc(=O)[nH]c2c1. The quantitative estimate of drug-likeness (QED) is 0.726. The van der Waals surface area contributed by atoms with Crippen molar-refractivity contribution < 1.29 is 9.21 Å². The number of hydrogen-bond acceptors (Lipinski definition) is 4. The first kappa shape index (κ1) is 11.4. The van der Waals surface area contributed by atoms with Crippen LogP contribution in [0.4, 0.5) is 5.69 Å². The Bertz CT molecular complexity index is 585. The molecular weight excluding hydrogens is 222 g/mol. The minimum Gasteiger partial charge on any atom is -0.408 e. The molecule has 0 saturated heterocycles. The number of H-pyrrole nitrogens is 1. The van der Waals surface area contributed by atoms with Gasteiger partial charge < -0.3 is 15.1 Å². The molecule has 0 saturated carbocycles. The molecule has 0 aliphatic rings. The Labute approximate surface area is 97.0 Å². The highest BCUT2D eigenvalue weighted by molar-refractivity contribution is 5.93. The van der Waals surface area contributed by atoms with E-state index in [0.717, 1.165) is 6.54 Å². The van der Waals surface area contributed by atoms with E-state index in [1.165, 1.54) is 0 Å². The number of carbonyl (C=O) groups excluding carboxylic acids is 1. The first-order valence-electron chi connectivity index (χ1n) is 5.32. The highest BCUT2D eigenvalue weighted by Gasteiger charge is 2.04. The van der Waals surface area contributed by atoms with E-state index in [9.17, 15) is 9.59 Å². The van der Waals surface area contributed by atoms with Crippen molar-refractivity contribution in [3.63, 3.8) is 0 Å². The van der Waals surface area contributed by atoms with Crippen molar-refractivity contribution >= 4 is 22.7 Å². The molecule has 6 nitrogen and oxygen atoms in total. The first-order valence-corrected chi connectivity index (χ1v) is 5.32. The molecule has 6 heteroatoms. The first-order chi connectivity index (χ1) is 8.19. The van der Waals surface area contributed by atoms with Gasteiger partial charge in [0.1, 0.15) is 0 Å². The van der Waals surface area contributed by atoms with E-state index in [4.69, 9.17) is 4.42 Å². The van der Waals surface area contributed by atoms with Gasteiger partial charge in [0.05, 0.1) is 12.1 Å². The number of carbonyl (C=O) groups is 1. The monoisotopic (exact) mass is 235 g/mol. The van der Waals surface area contributed by atoms with E-state index in [0.29, 0.717) is 16.8 Å². The van der Waals surface area contributed by atoms with Gasteiger partial charge in [0.2, 0.25) is 5.91 Å². The predicted octanol–water partition coefficient (Wildman–Crippen LogP) is 0.669. The van der Waals surface area contributed by atoms with Crippen LogP contribution < -0.4 is 16.4 Å². The van der Waals surface area contributed by atoms with Gasteiger partial charge in [0.15, 0.2) is 5.58 Å². The smallest absolute Gasteiger partial charge is 0.408 e. The summed E-state index contributed by atoms with van der Waals surface area (Å²) in [5, 5.41) is 5.63. The summed E-state index contributed by atoms with van der Waals surface area (Å²) >= 11 is 0. The van der Waals surface area contributed by atoms with Gasteiger partial charge in [-0.15, -0.1) is 0 Å². The molecule has 17 heavy (non-hydrogen) atoms. The highest BCUT2D eigenvalue weighted by Crippen LogP contribution is 2.15. The fraction of sp³-hybridized carbons (Fsp3) is 0.273. The fourth-order valence-electron chi connectivity index (χ4n) is 1.47. The van der Waals surface area contributed by atoms with Gasteiger partial charge in [-0.2, -0.15) is 0 Å². The van der Waals surface area contributed by atoms with Crippen molar-refractivity contribution in [2.24, 2.45) is 0 Å². The van der Waals surface area contributed by atoms with Crippen LogP contribution in [-0.2, 0) is 4.79 Å². The Morgan fingerprint density at radius 3 is 3.06 bits per heavy atom. The Kier molecular flexibility index (Phi) is 3.24. The summed E-state index contributed by atoms with van der Waals surface area (Å²) in [6.45, 7) is 2.92. The van der Waals surface area contributed by atoms with Crippen LogP contribution in [0.2, 0.25) is 0 Å². The number of fused-ring (bicyclic) bond motifs is 1. The van der Waals surface area contributed by atoms with Crippen molar-refractivity contribution in [1.29, 1.82) is 0 Å². The van der Waals surface area contributed by atoms with E-state index in [1.54, 1.807) is 18.2 Å². The highest BCUT2D eigenvalue weighted by atomic mass is 16.4. The third-order valence-corrected chi connectivity index (χ3v) is 2.24. The lowest BCUT2D eigenvalue weighted by Gasteiger charge is -2.04. The normalized spacial score (nSPS) is 10.6. The molecule has 0 unspecified atom stereocenters. The summed E-state index contributed by atoms with van der Waals surface area (Å²) in [6, 6.07) is 4.98. The molecule has 0 aliphatic heterocycles. The molecule has 90 valence electrons. The molecule has 0 spiro atoms. The van der Waals surface area contributed by atoms with Gasteiger partial charge in [-0.25, -0.2) is 4.79 Å². The number of benzene rings is 1. The Morgan fingerprint density at radius 2 is 2.29 bits per heavy atom. The van der Waals surface area contributed by atoms with Crippen molar-refractivity contribution in [3.8, 4) is 0 Å². The van der Waals surface area contributed by atoms with Gasteiger partial charge in [0, 0.05) is 5.69 Å². The molecule has 1 amide bonds. The lowest BCUT2D eigenvalue weighted by Crippen LogP contribution is -2.27. The number of likely N-dealkylation sites (N-methyl/N-ethyl adjacent to an activating group) is 1. The zero-order chi connectivity index (χ0) is 12.3. The van der Waals surface area contributed by atoms with Crippen molar-refractivity contribution in [3.05, 3.63) is 28.7 Å². The summed E-state index contributed by atoms with van der Waals surface area (Å²) in [5.41, 5.74) is 1.66. The molecular formula is C11H13N3O3.